The largest absolute Gasteiger partial charge is 0.393 e. The first kappa shape index (κ1) is 7.56. The number of rotatable bonds is 0. The van der Waals surface area contributed by atoms with Gasteiger partial charge in [0.25, 0.3) is 0 Å². The lowest BCUT2D eigenvalue weighted by Crippen LogP contribution is -2.35. The van der Waals surface area contributed by atoms with Crippen LogP contribution in [0, 0.1) is 11.8 Å². The van der Waals surface area contributed by atoms with Crippen molar-refractivity contribution in [2.45, 2.75) is 38.4 Å². The molecule has 0 aromatic carbocycles. The second kappa shape index (κ2) is 2.76. The van der Waals surface area contributed by atoms with Crippen LogP contribution in [-0.2, 0) is 4.74 Å². The van der Waals surface area contributed by atoms with Crippen molar-refractivity contribution in [2.75, 3.05) is 6.61 Å². The molecular formula is C9H16O2. The maximum Gasteiger partial charge on any atom is 0.0631 e. The summed E-state index contributed by atoms with van der Waals surface area (Å²) in [5.41, 5.74) is 0. The lowest BCUT2D eigenvalue weighted by Gasteiger charge is -2.30. The van der Waals surface area contributed by atoms with Crippen LogP contribution in [0.1, 0.15) is 26.2 Å². The molecule has 2 aliphatic rings. The van der Waals surface area contributed by atoms with Crippen molar-refractivity contribution in [3.05, 3.63) is 0 Å². The summed E-state index contributed by atoms with van der Waals surface area (Å²) in [5.74, 6) is 0.999. The monoisotopic (exact) mass is 156 g/mol. The van der Waals surface area contributed by atoms with Crippen LogP contribution >= 0.6 is 0 Å². The number of aliphatic hydroxyl groups excluding tert-OH is 1. The summed E-state index contributed by atoms with van der Waals surface area (Å²) in [7, 11) is 0. The molecule has 64 valence electrons. The van der Waals surface area contributed by atoms with Gasteiger partial charge in [-0.2, -0.15) is 0 Å². The molecule has 2 nitrogen and oxygen atoms in total. The molecule has 0 bridgehead atoms. The van der Waals surface area contributed by atoms with E-state index in [4.69, 9.17) is 4.74 Å². The van der Waals surface area contributed by atoms with Crippen molar-refractivity contribution in [2.24, 2.45) is 11.8 Å². The van der Waals surface area contributed by atoms with E-state index in [1.165, 1.54) is 0 Å². The first-order valence-corrected chi connectivity index (χ1v) is 4.58. The highest BCUT2D eigenvalue weighted by Gasteiger charge is 2.41. The Hall–Kier alpha value is -0.0800. The average molecular weight is 156 g/mol. The Balaban J connectivity index is 2.08. The fraction of sp³-hybridized carbons (Fsp3) is 1.00. The molecule has 1 heterocycles. The molecular weight excluding hydrogens is 140 g/mol. The minimum Gasteiger partial charge on any atom is -0.393 e. The smallest absolute Gasteiger partial charge is 0.0631 e. The summed E-state index contributed by atoms with van der Waals surface area (Å²) in [4.78, 5) is 0. The highest BCUT2D eigenvalue weighted by molar-refractivity contribution is 4.89. The molecule has 0 aromatic heterocycles. The third kappa shape index (κ3) is 1.18. The number of aliphatic hydroxyl groups is 1. The van der Waals surface area contributed by atoms with Gasteiger partial charge in [-0.1, -0.05) is 6.92 Å². The Bertz CT molecular complexity index is 144. The lowest BCUT2D eigenvalue weighted by molar-refractivity contribution is -0.00587. The van der Waals surface area contributed by atoms with Crippen LogP contribution in [0.3, 0.4) is 0 Å². The molecule has 1 saturated carbocycles. The van der Waals surface area contributed by atoms with E-state index in [1.807, 2.05) is 0 Å². The zero-order valence-electron chi connectivity index (χ0n) is 6.99. The van der Waals surface area contributed by atoms with E-state index in [-0.39, 0.29) is 6.10 Å². The van der Waals surface area contributed by atoms with E-state index in [0.29, 0.717) is 17.9 Å². The molecule has 1 N–H and O–H groups in total. The van der Waals surface area contributed by atoms with Gasteiger partial charge in [-0.15, -0.1) is 0 Å². The summed E-state index contributed by atoms with van der Waals surface area (Å²) >= 11 is 0. The SMILES string of the molecule is C[C@H]1CO[C@H]2CCC[C@@H](O)C21. The van der Waals surface area contributed by atoms with Crippen LogP contribution in [0.25, 0.3) is 0 Å². The summed E-state index contributed by atoms with van der Waals surface area (Å²) in [6.45, 7) is 3.03. The average Bonchev–Trinajstić information content (AvgIpc) is 2.34. The minimum absolute atomic E-state index is 0.0914. The number of ether oxygens (including phenoxy) is 1. The highest BCUT2D eigenvalue weighted by atomic mass is 16.5. The molecule has 0 radical (unpaired) electrons. The Morgan fingerprint density at radius 2 is 2.18 bits per heavy atom. The molecule has 1 aliphatic heterocycles. The van der Waals surface area contributed by atoms with Gasteiger partial charge < -0.3 is 9.84 Å². The zero-order chi connectivity index (χ0) is 7.84. The molecule has 2 fully saturated rings. The fourth-order valence-corrected chi connectivity index (χ4v) is 2.49. The van der Waals surface area contributed by atoms with Crippen LogP contribution in [0.2, 0.25) is 0 Å². The molecule has 2 rings (SSSR count). The summed E-state index contributed by atoms with van der Waals surface area (Å²) in [6.07, 6.45) is 3.55. The van der Waals surface area contributed by atoms with E-state index in [1.54, 1.807) is 0 Å². The second-order valence-corrected chi connectivity index (χ2v) is 3.92. The summed E-state index contributed by atoms with van der Waals surface area (Å²) < 4.78 is 5.58. The Morgan fingerprint density at radius 3 is 2.91 bits per heavy atom. The van der Waals surface area contributed by atoms with E-state index >= 15 is 0 Å². The van der Waals surface area contributed by atoms with Gasteiger partial charge in [0.2, 0.25) is 0 Å². The summed E-state index contributed by atoms with van der Waals surface area (Å²) in [5, 5.41) is 9.67. The molecule has 0 amide bonds. The van der Waals surface area contributed by atoms with Gasteiger partial charge in [-0.05, 0) is 25.2 Å². The van der Waals surface area contributed by atoms with E-state index in [0.717, 1.165) is 25.9 Å². The van der Waals surface area contributed by atoms with Gasteiger partial charge in [0.15, 0.2) is 0 Å². The predicted octanol–water partition coefficient (Wildman–Crippen LogP) is 1.18. The van der Waals surface area contributed by atoms with Crippen LogP contribution in [-0.4, -0.2) is 23.9 Å². The van der Waals surface area contributed by atoms with E-state index in [2.05, 4.69) is 6.92 Å². The number of hydrogen-bond acceptors (Lipinski definition) is 2. The molecule has 1 saturated heterocycles. The third-order valence-corrected chi connectivity index (χ3v) is 3.09. The Labute approximate surface area is 67.6 Å². The van der Waals surface area contributed by atoms with E-state index in [9.17, 15) is 5.11 Å². The van der Waals surface area contributed by atoms with Crippen LogP contribution in [0.15, 0.2) is 0 Å². The quantitative estimate of drug-likeness (QED) is 0.570. The van der Waals surface area contributed by atoms with Crippen LogP contribution < -0.4 is 0 Å². The molecule has 0 spiro atoms. The molecule has 1 unspecified atom stereocenters. The van der Waals surface area contributed by atoms with Crippen molar-refractivity contribution in [1.82, 2.24) is 0 Å². The maximum atomic E-state index is 9.67. The standard InChI is InChI=1S/C9H16O2/c1-6-5-11-8-4-2-3-7(10)9(6)8/h6-10H,2-5H2,1H3/t6-,7+,8-,9?/m0/s1. The van der Waals surface area contributed by atoms with Gasteiger partial charge in [-0.3, -0.25) is 0 Å². The van der Waals surface area contributed by atoms with Gasteiger partial charge in [0, 0.05) is 12.5 Å². The van der Waals surface area contributed by atoms with Crippen LogP contribution in [0.4, 0.5) is 0 Å². The molecule has 11 heavy (non-hydrogen) atoms. The lowest BCUT2D eigenvalue weighted by atomic mass is 9.79. The zero-order valence-corrected chi connectivity index (χ0v) is 6.99. The van der Waals surface area contributed by atoms with Crippen molar-refractivity contribution in [3.63, 3.8) is 0 Å². The van der Waals surface area contributed by atoms with Crippen molar-refractivity contribution in [1.29, 1.82) is 0 Å². The first-order valence-electron chi connectivity index (χ1n) is 4.58. The topological polar surface area (TPSA) is 29.5 Å². The predicted molar refractivity (Wildman–Crippen MR) is 42.3 cm³/mol. The Kier molecular flexibility index (Phi) is 1.90. The number of fused-ring (bicyclic) bond motifs is 1. The van der Waals surface area contributed by atoms with Gasteiger partial charge in [-0.25, -0.2) is 0 Å². The normalized spacial score (nSPS) is 50.7. The van der Waals surface area contributed by atoms with Crippen molar-refractivity contribution in [3.8, 4) is 0 Å². The van der Waals surface area contributed by atoms with Gasteiger partial charge in [0.1, 0.15) is 0 Å². The minimum atomic E-state index is -0.0914. The van der Waals surface area contributed by atoms with E-state index < -0.39 is 0 Å². The maximum absolute atomic E-state index is 9.67. The van der Waals surface area contributed by atoms with Gasteiger partial charge >= 0.3 is 0 Å². The van der Waals surface area contributed by atoms with Gasteiger partial charge in [0.05, 0.1) is 12.2 Å². The second-order valence-electron chi connectivity index (χ2n) is 3.92. The summed E-state index contributed by atoms with van der Waals surface area (Å²) in [6, 6.07) is 0. The first-order chi connectivity index (χ1) is 5.29. The Morgan fingerprint density at radius 1 is 1.36 bits per heavy atom. The molecule has 4 atom stereocenters. The number of hydrogen-bond donors (Lipinski definition) is 1. The third-order valence-electron chi connectivity index (χ3n) is 3.09. The fourth-order valence-electron chi connectivity index (χ4n) is 2.49. The molecule has 1 aliphatic carbocycles. The molecule has 0 aromatic rings. The molecule has 2 heteroatoms. The van der Waals surface area contributed by atoms with Crippen molar-refractivity contribution < 1.29 is 9.84 Å². The van der Waals surface area contributed by atoms with Crippen molar-refractivity contribution >= 4 is 0 Å². The highest BCUT2D eigenvalue weighted by Crippen LogP contribution is 2.37. The van der Waals surface area contributed by atoms with Crippen LogP contribution in [0.5, 0.6) is 0 Å².